The summed E-state index contributed by atoms with van der Waals surface area (Å²) in [6, 6.07) is 10.9. The first-order chi connectivity index (χ1) is 10.9. The van der Waals surface area contributed by atoms with Crippen molar-refractivity contribution in [3.63, 3.8) is 0 Å². The third-order valence-corrected chi connectivity index (χ3v) is 3.51. The molecule has 1 N–H and O–H groups in total. The van der Waals surface area contributed by atoms with Gasteiger partial charge in [0.25, 0.3) is 5.91 Å². The molecule has 0 heterocycles. The molecule has 0 bridgehead atoms. The molecule has 0 saturated carbocycles. The normalized spacial score (nSPS) is 10.3. The van der Waals surface area contributed by atoms with Crippen LogP contribution in [-0.2, 0) is 4.79 Å². The van der Waals surface area contributed by atoms with Gasteiger partial charge in [-0.2, -0.15) is 0 Å². The molecule has 2 aromatic carbocycles. The van der Waals surface area contributed by atoms with E-state index >= 15 is 0 Å². The topological polar surface area (TPSA) is 55.4 Å². The second-order valence-electron chi connectivity index (χ2n) is 5.70. The van der Waals surface area contributed by atoms with E-state index in [-0.39, 0.29) is 18.3 Å². The number of ether oxygens (including phenoxy) is 1. The predicted molar refractivity (Wildman–Crippen MR) is 91.2 cm³/mol. The molecule has 1 amide bonds. The maximum atomic E-state index is 12.0. The Morgan fingerprint density at radius 1 is 1.04 bits per heavy atom. The number of hydrogen-bond donors (Lipinski definition) is 1. The van der Waals surface area contributed by atoms with Crippen molar-refractivity contribution in [2.75, 3.05) is 11.9 Å². The molecule has 0 aliphatic carbocycles. The van der Waals surface area contributed by atoms with Gasteiger partial charge in [0, 0.05) is 11.3 Å². The largest absolute Gasteiger partial charge is 0.483 e. The quantitative estimate of drug-likeness (QED) is 0.854. The summed E-state index contributed by atoms with van der Waals surface area (Å²) in [7, 11) is 0. The van der Waals surface area contributed by atoms with Crippen molar-refractivity contribution in [1.82, 2.24) is 0 Å². The Balaban J connectivity index is 2.01. The summed E-state index contributed by atoms with van der Waals surface area (Å²) in [5.41, 5.74) is 4.33. The van der Waals surface area contributed by atoms with E-state index in [0.29, 0.717) is 11.3 Å². The van der Waals surface area contributed by atoms with Crippen LogP contribution >= 0.6 is 0 Å². The Labute approximate surface area is 136 Å². The van der Waals surface area contributed by atoms with Gasteiger partial charge in [0.2, 0.25) is 0 Å². The highest BCUT2D eigenvalue weighted by atomic mass is 16.5. The van der Waals surface area contributed by atoms with Gasteiger partial charge in [-0.15, -0.1) is 0 Å². The molecule has 0 spiro atoms. The lowest BCUT2D eigenvalue weighted by Gasteiger charge is -2.13. The number of nitrogens with one attached hydrogen (secondary N) is 1. The molecule has 2 rings (SSSR count). The number of ketones is 1. The fourth-order valence-electron chi connectivity index (χ4n) is 2.55. The number of anilines is 1. The number of carbonyl (C=O) groups excluding carboxylic acids is 2. The molecule has 2 aromatic rings. The zero-order chi connectivity index (χ0) is 17.0. The fourth-order valence-corrected chi connectivity index (χ4v) is 2.55. The Morgan fingerprint density at radius 3 is 2.30 bits per heavy atom. The lowest BCUT2D eigenvalue weighted by molar-refractivity contribution is -0.118. The number of hydrogen-bond acceptors (Lipinski definition) is 3. The van der Waals surface area contributed by atoms with Crippen molar-refractivity contribution in [3.8, 4) is 5.75 Å². The molecule has 4 heteroatoms. The molecule has 0 aliphatic rings. The second kappa shape index (κ2) is 7.09. The third kappa shape index (κ3) is 4.42. The molecule has 0 unspecified atom stereocenters. The van der Waals surface area contributed by atoms with E-state index in [0.717, 1.165) is 22.4 Å². The maximum absolute atomic E-state index is 12.0. The zero-order valence-electron chi connectivity index (χ0n) is 13.9. The van der Waals surface area contributed by atoms with Gasteiger partial charge in [-0.1, -0.05) is 29.8 Å². The van der Waals surface area contributed by atoms with Gasteiger partial charge in [-0.3, -0.25) is 9.59 Å². The fraction of sp³-hybridized carbons (Fsp3) is 0.263. The van der Waals surface area contributed by atoms with E-state index in [4.69, 9.17) is 4.74 Å². The molecule has 0 fully saturated rings. The van der Waals surface area contributed by atoms with Gasteiger partial charge >= 0.3 is 0 Å². The minimum Gasteiger partial charge on any atom is -0.483 e. The lowest BCUT2D eigenvalue weighted by atomic mass is 10.1. The zero-order valence-corrected chi connectivity index (χ0v) is 13.9. The van der Waals surface area contributed by atoms with E-state index < -0.39 is 0 Å². The highest BCUT2D eigenvalue weighted by Gasteiger charge is 2.09. The molecule has 0 saturated heterocycles. The van der Waals surface area contributed by atoms with Crippen LogP contribution in [0.4, 0.5) is 5.69 Å². The third-order valence-electron chi connectivity index (χ3n) is 3.51. The number of rotatable bonds is 5. The number of Topliss-reactive ketones (excluding diaryl/α,β-unsaturated/α-hetero) is 1. The van der Waals surface area contributed by atoms with Crippen molar-refractivity contribution in [1.29, 1.82) is 0 Å². The minimum atomic E-state index is -0.259. The van der Waals surface area contributed by atoms with Gasteiger partial charge in [0.15, 0.2) is 12.4 Å². The van der Waals surface area contributed by atoms with Gasteiger partial charge in [0.1, 0.15) is 5.75 Å². The molecular weight excluding hydrogens is 290 g/mol. The van der Waals surface area contributed by atoms with Crippen LogP contribution in [0.3, 0.4) is 0 Å². The average molecular weight is 311 g/mol. The monoisotopic (exact) mass is 311 g/mol. The van der Waals surface area contributed by atoms with E-state index in [1.807, 2.05) is 32.9 Å². The molecule has 4 nitrogen and oxygen atoms in total. The van der Waals surface area contributed by atoms with Crippen molar-refractivity contribution >= 4 is 17.4 Å². The Kier molecular flexibility index (Phi) is 5.16. The SMILES string of the molecule is CC(=O)c1cccc(NC(=O)COc2c(C)cc(C)cc2C)c1. The molecule has 0 radical (unpaired) electrons. The number of aryl methyl sites for hydroxylation is 3. The number of benzene rings is 2. The summed E-state index contributed by atoms with van der Waals surface area (Å²) < 4.78 is 5.66. The van der Waals surface area contributed by atoms with Crippen LogP contribution < -0.4 is 10.1 Å². The van der Waals surface area contributed by atoms with Crippen LogP contribution in [0, 0.1) is 20.8 Å². The molecule has 0 aliphatic heterocycles. The standard InChI is InChI=1S/C19H21NO3/c1-12-8-13(2)19(14(3)9-12)23-11-18(22)20-17-7-5-6-16(10-17)15(4)21/h5-10H,11H2,1-4H3,(H,20,22). The smallest absolute Gasteiger partial charge is 0.262 e. The first-order valence-electron chi connectivity index (χ1n) is 7.48. The van der Waals surface area contributed by atoms with E-state index in [9.17, 15) is 9.59 Å². The van der Waals surface area contributed by atoms with Crippen LogP contribution in [0.25, 0.3) is 0 Å². The molecule has 0 aromatic heterocycles. The van der Waals surface area contributed by atoms with Crippen LogP contribution in [0.5, 0.6) is 5.75 Å². The molecule has 0 atom stereocenters. The summed E-state index contributed by atoms with van der Waals surface area (Å²) >= 11 is 0. The van der Waals surface area contributed by atoms with Crippen LogP contribution in [0.15, 0.2) is 36.4 Å². The molecule has 120 valence electrons. The van der Waals surface area contributed by atoms with Crippen LogP contribution in [0.2, 0.25) is 0 Å². The van der Waals surface area contributed by atoms with Crippen molar-refractivity contribution in [2.45, 2.75) is 27.7 Å². The average Bonchev–Trinajstić information content (AvgIpc) is 2.46. The first kappa shape index (κ1) is 16.7. The van der Waals surface area contributed by atoms with Crippen molar-refractivity contribution in [3.05, 3.63) is 58.7 Å². The van der Waals surface area contributed by atoms with Gasteiger partial charge in [-0.25, -0.2) is 0 Å². The van der Waals surface area contributed by atoms with Gasteiger partial charge in [-0.05, 0) is 51.0 Å². The lowest BCUT2D eigenvalue weighted by Crippen LogP contribution is -2.20. The van der Waals surface area contributed by atoms with Gasteiger partial charge in [0.05, 0.1) is 0 Å². The van der Waals surface area contributed by atoms with Crippen molar-refractivity contribution < 1.29 is 14.3 Å². The second-order valence-corrected chi connectivity index (χ2v) is 5.70. The molecule has 23 heavy (non-hydrogen) atoms. The van der Waals surface area contributed by atoms with Gasteiger partial charge < -0.3 is 10.1 Å². The van der Waals surface area contributed by atoms with E-state index in [2.05, 4.69) is 5.32 Å². The minimum absolute atomic E-state index is 0.0387. The van der Waals surface area contributed by atoms with Crippen LogP contribution in [-0.4, -0.2) is 18.3 Å². The molecular formula is C19H21NO3. The summed E-state index contributed by atoms with van der Waals surface area (Å²) in [5, 5.41) is 2.74. The Morgan fingerprint density at radius 2 is 1.70 bits per heavy atom. The number of amides is 1. The summed E-state index contributed by atoms with van der Waals surface area (Å²) in [5.74, 6) is 0.441. The van der Waals surface area contributed by atoms with Crippen LogP contribution in [0.1, 0.15) is 34.0 Å². The Bertz CT molecular complexity index is 727. The highest BCUT2D eigenvalue weighted by Crippen LogP contribution is 2.24. The summed E-state index contributed by atoms with van der Waals surface area (Å²) in [6.45, 7) is 7.37. The highest BCUT2D eigenvalue weighted by molar-refractivity contribution is 5.97. The Hall–Kier alpha value is -2.62. The number of carbonyl (C=O) groups is 2. The first-order valence-corrected chi connectivity index (χ1v) is 7.48. The van der Waals surface area contributed by atoms with Crippen molar-refractivity contribution in [2.24, 2.45) is 0 Å². The maximum Gasteiger partial charge on any atom is 0.262 e. The summed E-state index contributed by atoms with van der Waals surface area (Å²) in [4.78, 5) is 23.4. The predicted octanol–water partition coefficient (Wildman–Crippen LogP) is 3.83. The van der Waals surface area contributed by atoms with E-state index in [1.54, 1.807) is 24.3 Å². The summed E-state index contributed by atoms with van der Waals surface area (Å²) in [6.07, 6.45) is 0. The van der Waals surface area contributed by atoms with E-state index in [1.165, 1.54) is 6.92 Å².